The van der Waals surface area contributed by atoms with E-state index in [1.165, 1.54) is 12.8 Å². The number of likely N-dealkylation sites (tertiary alicyclic amines) is 1. The third kappa shape index (κ3) is 0.424. The van der Waals surface area contributed by atoms with Crippen LogP contribution in [0.5, 0.6) is 0 Å². The molecule has 1 spiro atoms. The fourth-order valence-corrected chi connectivity index (χ4v) is 2.86. The molecule has 0 N–H and O–H groups in total. The molecule has 0 amide bonds. The maximum absolute atomic E-state index is 5.33. The molecule has 0 bridgehead atoms. The number of likely N-dealkylation sites (N-methyl/N-ethyl adjacent to an activating group) is 1. The van der Waals surface area contributed by atoms with Gasteiger partial charge in [-0.1, -0.05) is 0 Å². The molecule has 2 aliphatic heterocycles. The van der Waals surface area contributed by atoms with Gasteiger partial charge in [-0.15, -0.1) is 0 Å². The molecular weight excluding hydrogens is 126 g/mol. The molecule has 0 aromatic rings. The molecule has 3 aliphatic rings. The van der Waals surface area contributed by atoms with E-state index in [-0.39, 0.29) is 0 Å². The summed E-state index contributed by atoms with van der Waals surface area (Å²) < 4.78 is 5.33. The van der Waals surface area contributed by atoms with Crippen molar-refractivity contribution in [3.05, 3.63) is 0 Å². The molecule has 2 unspecified atom stereocenters. The SMILES string of the molecule is CN1C2C1C21CCOCC1. The summed E-state index contributed by atoms with van der Waals surface area (Å²) in [5.41, 5.74) is 0.757. The van der Waals surface area contributed by atoms with E-state index in [0.717, 1.165) is 30.7 Å². The van der Waals surface area contributed by atoms with Gasteiger partial charge in [0.05, 0.1) is 0 Å². The van der Waals surface area contributed by atoms with Crippen LogP contribution in [0.1, 0.15) is 12.8 Å². The Morgan fingerprint density at radius 1 is 1.30 bits per heavy atom. The van der Waals surface area contributed by atoms with Crippen LogP contribution >= 0.6 is 0 Å². The maximum Gasteiger partial charge on any atom is 0.0472 e. The van der Waals surface area contributed by atoms with Crippen molar-refractivity contribution in [2.75, 3.05) is 20.3 Å². The maximum atomic E-state index is 5.33. The van der Waals surface area contributed by atoms with Gasteiger partial charge in [-0.3, -0.25) is 4.90 Å². The topological polar surface area (TPSA) is 12.2 Å². The molecule has 3 rings (SSSR count). The first-order chi connectivity index (χ1) is 4.86. The Kier molecular flexibility index (Phi) is 0.783. The van der Waals surface area contributed by atoms with Crippen molar-refractivity contribution in [1.82, 2.24) is 4.90 Å². The Labute approximate surface area is 61.1 Å². The monoisotopic (exact) mass is 139 g/mol. The minimum atomic E-state index is 0.757. The van der Waals surface area contributed by atoms with Gasteiger partial charge in [0.2, 0.25) is 0 Å². The Balaban J connectivity index is 1.73. The van der Waals surface area contributed by atoms with Crippen LogP contribution in [0.3, 0.4) is 0 Å². The molecule has 2 nitrogen and oxygen atoms in total. The average Bonchev–Trinajstić information content (AvgIpc) is 2.81. The zero-order valence-electron chi connectivity index (χ0n) is 6.34. The Morgan fingerprint density at radius 3 is 2.40 bits per heavy atom. The van der Waals surface area contributed by atoms with Gasteiger partial charge < -0.3 is 4.74 Å². The van der Waals surface area contributed by atoms with E-state index in [4.69, 9.17) is 4.74 Å². The van der Waals surface area contributed by atoms with Crippen LogP contribution in [0.2, 0.25) is 0 Å². The smallest absolute Gasteiger partial charge is 0.0472 e. The van der Waals surface area contributed by atoms with Crippen molar-refractivity contribution in [2.24, 2.45) is 5.41 Å². The second-order valence-corrected chi connectivity index (χ2v) is 3.90. The van der Waals surface area contributed by atoms with E-state index in [1.807, 2.05) is 0 Å². The molecule has 3 fully saturated rings. The van der Waals surface area contributed by atoms with Gasteiger partial charge in [-0.25, -0.2) is 0 Å². The lowest BCUT2D eigenvalue weighted by Crippen LogP contribution is -2.32. The van der Waals surface area contributed by atoms with Gasteiger partial charge >= 0.3 is 0 Å². The summed E-state index contributed by atoms with van der Waals surface area (Å²) in [6.45, 7) is 2.03. The molecule has 0 radical (unpaired) electrons. The molecule has 10 heavy (non-hydrogen) atoms. The van der Waals surface area contributed by atoms with Gasteiger partial charge in [0, 0.05) is 30.7 Å². The minimum Gasteiger partial charge on any atom is -0.381 e. The third-order valence-electron chi connectivity index (χ3n) is 3.58. The first-order valence-corrected chi connectivity index (χ1v) is 4.16. The predicted molar refractivity (Wildman–Crippen MR) is 37.8 cm³/mol. The molecule has 1 saturated carbocycles. The van der Waals surface area contributed by atoms with Crippen LogP contribution in [0, 0.1) is 5.41 Å². The first-order valence-electron chi connectivity index (χ1n) is 4.16. The summed E-state index contributed by atoms with van der Waals surface area (Å²) in [6.07, 6.45) is 2.65. The van der Waals surface area contributed by atoms with Crippen LogP contribution in [0.25, 0.3) is 0 Å². The quantitative estimate of drug-likeness (QED) is 0.452. The van der Waals surface area contributed by atoms with E-state index in [0.29, 0.717) is 0 Å². The second-order valence-electron chi connectivity index (χ2n) is 3.90. The van der Waals surface area contributed by atoms with Crippen LogP contribution < -0.4 is 0 Å². The van der Waals surface area contributed by atoms with Crippen LogP contribution in [0.4, 0.5) is 0 Å². The average molecular weight is 139 g/mol. The summed E-state index contributed by atoms with van der Waals surface area (Å²) in [6, 6.07) is 1.94. The summed E-state index contributed by atoms with van der Waals surface area (Å²) in [7, 11) is 2.23. The first kappa shape index (κ1) is 5.56. The number of hydrogen-bond donors (Lipinski definition) is 0. The fraction of sp³-hybridized carbons (Fsp3) is 1.00. The van der Waals surface area contributed by atoms with E-state index in [9.17, 15) is 0 Å². The highest BCUT2D eigenvalue weighted by atomic mass is 16.5. The van der Waals surface area contributed by atoms with Crippen LogP contribution in [0.15, 0.2) is 0 Å². The molecule has 1 aliphatic carbocycles. The highest BCUT2D eigenvalue weighted by Crippen LogP contribution is 2.70. The largest absolute Gasteiger partial charge is 0.381 e. The Morgan fingerprint density at radius 2 is 1.90 bits per heavy atom. The van der Waals surface area contributed by atoms with E-state index >= 15 is 0 Å². The van der Waals surface area contributed by atoms with Crippen molar-refractivity contribution in [3.8, 4) is 0 Å². The van der Waals surface area contributed by atoms with E-state index in [2.05, 4.69) is 11.9 Å². The minimum absolute atomic E-state index is 0.757. The van der Waals surface area contributed by atoms with Gasteiger partial charge in [0.1, 0.15) is 0 Å². The number of nitrogens with zero attached hydrogens (tertiary/aromatic N) is 1. The lowest BCUT2D eigenvalue weighted by Gasteiger charge is -2.29. The standard InChI is InChI=1S/C8H13NO/c1-9-6-7(9)8(6)2-4-10-5-3-8/h6-7H,2-5H2,1H3. The van der Waals surface area contributed by atoms with Crippen molar-refractivity contribution < 1.29 is 4.74 Å². The van der Waals surface area contributed by atoms with Crippen LogP contribution in [-0.2, 0) is 4.74 Å². The van der Waals surface area contributed by atoms with Crippen molar-refractivity contribution in [3.63, 3.8) is 0 Å². The lowest BCUT2D eigenvalue weighted by molar-refractivity contribution is 0.0256. The molecule has 2 heterocycles. The predicted octanol–water partition coefficient (Wildman–Crippen LogP) is 0.479. The van der Waals surface area contributed by atoms with Crippen molar-refractivity contribution in [2.45, 2.75) is 24.9 Å². The van der Waals surface area contributed by atoms with Crippen LogP contribution in [-0.4, -0.2) is 37.2 Å². The number of hydrogen-bond acceptors (Lipinski definition) is 2. The Bertz CT molecular complexity index is 162. The molecule has 2 heteroatoms. The summed E-state index contributed by atoms with van der Waals surface area (Å²) in [4.78, 5) is 2.48. The summed E-state index contributed by atoms with van der Waals surface area (Å²) in [5.74, 6) is 0. The second kappa shape index (κ2) is 1.41. The van der Waals surface area contributed by atoms with Gasteiger partial charge in [-0.05, 0) is 19.9 Å². The molecular formula is C8H13NO. The normalized spacial score (nSPS) is 54.3. The molecule has 0 aromatic carbocycles. The van der Waals surface area contributed by atoms with E-state index < -0.39 is 0 Å². The van der Waals surface area contributed by atoms with Gasteiger partial charge in [0.15, 0.2) is 0 Å². The molecule has 2 saturated heterocycles. The highest BCUT2D eigenvalue weighted by Gasteiger charge is 2.80. The highest BCUT2D eigenvalue weighted by molar-refractivity contribution is 5.34. The Hall–Kier alpha value is -0.0800. The molecule has 2 atom stereocenters. The zero-order valence-corrected chi connectivity index (χ0v) is 6.34. The number of ether oxygens (including phenoxy) is 1. The summed E-state index contributed by atoms with van der Waals surface area (Å²) in [5, 5.41) is 0. The lowest BCUT2D eigenvalue weighted by atomic mass is 9.92. The summed E-state index contributed by atoms with van der Waals surface area (Å²) >= 11 is 0. The van der Waals surface area contributed by atoms with E-state index in [1.54, 1.807) is 0 Å². The number of fused-ring (bicyclic) bond motifs is 3. The molecule has 56 valence electrons. The third-order valence-corrected chi connectivity index (χ3v) is 3.58. The number of rotatable bonds is 0. The van der Waals surface area contributed by atoms with Gasteiger partial charge in [-0.2, -0.15) is 0 Å². The fourth-order valence-electron chi connectivity index (χ4n) is 2.86. The van der Waals surface area contributed by atoms with Crippen molar-refractivity contribution in [1.29, 1.82) is 0 Å². The zero-order chi connectivity index (χ0) is 6.77. The van der Waals surface area contributed by atoms with Gasteiger partial charge in [0.25, 0.3) is 0 Å². The molecule has 0 aromatic heterocycles. The van der Waals surface area contributed by atoms with Crippen molar-refractivity contribution >= 4 is 0 Å².